The number of hydrogen-bond donors (Lipinski definition) is 0. The molecule has 6 nitrogen and oxygen atoms in total. The van der Waals surface area contributed by atoms with Crippen LogP contribution < -0.4 is 0 Å². The van der Waals surface area contributed by atoms with Crippen LogP contribution in [0.4, 0.5) is 0 Å². The number of rotatable bonds is 3. The second-order valence-corrected chi connectivity index (χ2v) is 4.12. The summed E-state index contributed by atoms with van der Waals surface area (Å²) < 4.78 is 27.5. The average Bonchev–Trinajstić information content (AvgIpc) is 2.65. The van der Waals surface area contributed by atoms with Gasteiger partial charge in [-0.3, -0.25) is 8.37 Å². The molecule has 0 saturated carbocycles. The maximum atomic E-state index is 9.92. The quantitative estimate of drug-likeness (QED) is 0.704. The minimum absolute atomic E-state index is 0.934. The van der Waals surface area contributed by atoms with Crippen molar-refractivity contribution < 1.29 is 16.8 Å². The van der Waals surface area contributed by atoms with Crippen LogP contribution in [-0.4, -0.2) is 46.2 Å². The zero-order chi connectivity index (χ0) is 11.9. The van der Waals surface area contributed by atoms with Gasteiger partial charge in [-0.15, -0.1) is 0 Å². The van der Waals surface area contributed by atoms with E-state index in [1.54, 1.807) is 6.20 Å². The van der Waals surface area contributed by atoms with Crippen molar-refractivity contribution in [1.82, 2.24) is 9.80 Å². The Morgan fingerprint density at radius 1 is 1.33 bits per heavy atom. The van der Waals surface area contributed by atoms with Gasteiger partial charge in [0.05, 0.1) is 20.9 Å². The summed E-state index contributed by atoms with van der Waals surface area (Å²) in [7, 11) is 0.424. The molecule has 1 rings (SSSR count). The summed E-state index contributed by atoms with van der Waals surface area (Å²) in [5.41, 5.74) is 0. The molecule has 0 amide bonds. The van der Waals surface area contributed by atoms with E-state index in [4.69, 9.17) is 0 Å². The first-order valence-corrected chi connectivity index (χ1v) is 5.41. The zero-order valence-electron chi connectivity index (χ0n) is 9.08. The molecule has 0 spiro atoms. The van der Waals surface area contributed by atoms with Gasteiger partial charge < -0.3 is 9.80 Å². The van der Waals surface area contributed by atoms with Crippen molar-refractivity contribution in [3.8, 4) is 0 Å². The molecule has 0 radical (unpaired) electrons. The molecule has 0 aliphatic carbocycles. The SMILES string of the molecule is C=CN1C=CN(C)C1.COS(=O)(=O)OC. The predicted octanol–water partition coefficient (Wildman–Crippen LogP) is 0.330. The van der Waals surface area contributed by atoms with Crippen molar-refractivity contribution in [3.05, 3.63) is 25.2 Å². The van der Waals surface area contributed by atoms with E-state index in [2.05, 4.69) is 19.8 Å². The van der Waals surface area contributed by atoms with Gasteiger partial charge in [0, 0.05) is 19.4 Å². The Kier molecular flexibility index (Phi) is 5.99. The van der Waals surface area contributed by atoms with E-state index >= 15 is 0 Å². The van der Waals surface area contributed by atoms with Crippen molar-refractivity contribution in [3.63, 3.8) is 0 Å². The van der Waals surface area contributed by atoms with Crippen molar-refractivity contribution in [1.29, 1.82) is 0 Å². The lowest BCUT2D eigenvalue weighted by atomic mass is 10.8. The van der Waals surface area contributed by atoms with E-state index in [1.165, 1.54) is 0 Å². The minimum Gasteiger partial charge on any atom is -0.361 e. The van der Waals surface area contributed by atoms with Gasteiger partial charge in [-0.05, 0) is 6.20 Å². The monoisotopic (exact) mass is 236 g/mol. The van der Waals surface area contributed by atoms with Gasteiger partial charge >= 0.3 is 10.4 Å². The normalized spacial score (nSPS) is 14.9. The van der Waals surface area contributed by atoms with Crippen molar-refractivity contribution >= 4 is 10.4 Å². The van der Waals surface area contributed by atoms with E-state index < -0.39 is 10.4 Å². The van der Waals surface area contributed by atoms with E-state index in [9.17, 15) is 8.42 Å². The molecule has 0 fully saturated rings. The van der Waals surface area contributed by atoms with Gasteiger partial charge in [-0.1, -0.05) is 6.58 Å². The Bertz CT molecular complexity index is 303. The molecule has 0 saturated heterocycles. The Balaban J connectivity index is 0.000000265. The average molecular weight is 236 g/mol. The fourth-order valence-corrected chi connectivity index (χ4v) is 0.874. The van der Waals surface area contributed by atoms with Gasteiger partial charge in [0.1, 0.15) is 0 Å². The molecule has 1 heterocycles. The van der Waals surface area contributed by atoms with E-state index in [0.29, 0.717) is 0 Å². The van der Waals surface area contributed by atoms with Crippen molar-refractivity contribution in [2.75, 3.05) is 27.9 Å². The Morgan fingerprint density at radius 3 is 2.00 bits per heavy atom. The van der Waals surface area contributed by atoms with Crippen LogP contribution in [0.25, 0.3) is 0 Å². The standard InChI is InChI=1S/C6H10N2.C2H6O4S/c1-3-8-5-4-7(2)6-8;1-5-7(3,4)6-2/h3-5H,1,6H2,2H3;1-2H3. The lowest BCUT2D eigenvalue weighted by Gasteiger charge is -2.11. The highest BCUT2D eigenvalue weighted by molar-refractivity contribution is 7.81. The van der Waals surface area contributed by atoms with E-state index in [-0.39, 0.29) is 0 Å². The molecule has 0 N–H and O–H groups in total. The lowest BCUT2D eigenvalue weighted by Crippen LogP contribution is -2.16. The first-order valence-electron chi connectivity index (χ1n) is 4.08. The second-order valence-electron chi connectivity index (χ2n) is 2.63. The van der Waals surface area contributed by atoms with Gasteiger partial charge in [0.25, 0.3) is 0 Å². The van der Waals surface area contributed by atoms with Gasteiger partial charge in [0.15, 0.2) is 0 Å². The largest absolute Gasteiger partial charge is 0.399 e. The molecule has 0 atom stereocenters. The fraction of sp³-hybridized carbons (Fsp3) is 0.500. The third-order valence-electron chi connectivity index (χ3n) is 1.54. The molecular formula is C8H16N2O4S. The van der Waals surface area contributed by atoms with Crippen LogP contribution in [0.15, 0.2) is 25.2 Å². The molecule has 0 aromatic carbocycles. The Morgan fingerprint density at radius 2 is 1.87 bits per heavy atom. The predicted molar refractivity (Wildman–Crippen MR) is 56.7 cm³/mol. The smallest absolute Gasteiger partial charge is 0.361 e. The Labute approximate surface area is 90.7 Å². The highest BCUT2D eigenvalue weighted by atomic mass is 32.3. The van der Waals surface area contributed by atoms with Crippen LogP contribution >= 0.6 is 0 Å². The molecule has 0 aromatic heterocycles. The molecule has 15 heavy (non-hydrogen) atoms. The van der Waals surface area contributed by atoms with Crippen LogP contribution in [0, 0.1) is 0 Å². The van der Waals surface area contributed by atoms with Crippen LogP contribution in [0.1, 0.15) is 0 Å². The Hall–Kier alpha value is -1.05. The van der Waals surface area contributed by atoms with Crippen LogP contribution in [0.3, 0.4) is 0 Å². The van der Waals surface area contributed by atoms with Gasteiger partial charge in [-0.2, -0.15) is 8.42 Å². The molecule has 1 aliphatic rings. The van der Waals surface area contributed by atoms with E-state index in [0.717, 1.165) is 20.9 Å². The highest BCUT2D eigenvalue weighted by Gasteiger charge is 2.02. The molecule has 0 unspecified atom stereocenters. The summed E-state index contributed by atoms with van der Waals surface area (Å²) in [6.45, 7) is 4.56. The zero-order valence-corrected chi connectivity index (χ0v) is 9.90. The topological polar surface area (TPSA) is 59.1 Å². The van der Waals surface area contributed by atoms with Crippen LogP contribution in [-0.2, 0) is 18.8 Å². The summed E-state index contributed by atoms with van der Waals surface area (Å²) in [4.78, 5) is 4.10. The summed E-state index contributed by atoms with van der Waals surface area (Å²) in [6.07, 6.45) is 5.81. The molecule has 1 aliphatic heterocycles. The van der Waals surface area contributed by atoms with Crippen LogP contribution in [0.2, 0.25) is 0 Å². The molecule has 0 bridgehead atoms. The molecule has 7 heteroatoms. The van der Waals surface area contributed by atoms with Crippen LogP contribution in [0.5, 0.6) is 0 Å². The number of nitrogens with zero attached hydrogens (tertiary/aromatic N) is 2. The highest BCUT2D eigenvalue weighted by Crippen LogP contribution is 2.01. The minimum atomic E-state index is -3.66. The first-order chi connectivity index (χ1) is 6.95. The van der Waals surface area contributed by atoms with Crippen molar-refractivity contribution in [2.45, 2.75) is 0 Å². The fourth-order valence-electron chi connectivity index (χ4n) is 0.738. The first kappa shape index (κ1) is 13.9. The summed E-state index contributed by atoms with van der Waals surface area (Å²) >= 11 is 0. The summed E-state index contributed by atoms with van der Waals surface area (Å²) in [5, 5.41) is 0. The lowest BCUT2D eigenvalue weighted by molar-refractivity contribution is 0.286. The molecule has 88 valence electrons. The van der Waals surface area contributed by atoms with Gasteiger partial charge in [0.2, 0.25) is 0 Å². The second kappa shape index (κ2) is 6.44. The third kappa shape index (κ3) is 6.10. The summed E-state index contributed by atoms with van der Waals surface area (Å²) in [6, 6.07) is 0. The molecular weight excluding hydrogens is 220 g/mol. The van der Waals surface area contributed by atoms with E-state index in [1.807, 2.05) is 24.3 Å². The third-order valence-corrected chi connectivity index (χ3v) is 2.36. The summed E-state index contributed by atoms with van der Waals surface area (Å²) in [5.74, 6) is 0. The number of hydrogen-bond acceptors (Lipinski definition) is 6. The maximum absolute atomic E-state index is 9.92. The molecule has 0 aromatic rings. The van der Waals surface area contributed by atoms with Gasteiger partial charge in [-0.25, -0.2) is 0 Å². The maximum Gasteiger partial charge on any atom is 0.399 e. The van der Waals surface area contributed by atoms with Crippen molar-refractivity contribution in [2.24, 2.45) is 0 Å².